The molecule has 0 fully saturated rings. The lowest BCUT2D eigenvalue weighted by Crippen LogP contribution is -2.12. The largest absolute Gasteiger partial charge is 0.237 e. The van der Waals surface area contributed by atoms with Crippen molar-refractivity contribution < 1.29 is 9.78 Å². The highest BCUT2D eigenvalue weighted by Gasteiger charge is 2.05. The predicted octanol–water partition coefficient (Wildman–Crippen LogP) is 5.02. The highest BCUT2D eigenvalue weighted by molar-refractivity contribution is 9.10. The summed E-state index contributed by atoms with van der Waals surface area (Å²) in [5, 5.41) is 0. The van der Waals surface area contributed by atoms with Crippen LogP contribution in [0.15, 0.2) is 53.0 Å². The lowest BCUT2D eigenvalue weighted by atomic mass is 10.0. The fourth-order valence-electron chi connectivity index (χ4n) is 2.03. The Morgan fingerprint density at radius 3 is 2.05 bits per heavy atom. The molecule has 1 atom stereocenters. The Morgan fingerprint density at radius 1 is 0.950 bits per heavy atom. The van der Waals surface area contributed by atoms with Gasteiger partial charge in [-0.3, -0.25) is 0 Å². The second kappa shape index (κ2) is 7.58. The molecule has 0 heterocycles. The van der Waals surface area contributed by atoms with Gasteiger partial charge < -0.3 is 0 Å². The summed E-state index contributed by atoms with van der Waals surface area (Å²) in [5.41, 5.74) is 3.69. The summed E-state index contributed by atoms with van der Waals surface area (Å²) >= 11 is 3.45. The van der Waals surface area contributed by atoms with E-state index in [9.17, 15) is 0 Å². The summed E-state index contributed by atoms with van der Waals surface area (Å²) < 4.78 is 1.10. The molecule has 0 spiro atoms. The van der Waals surface area contributed by atoms with E-state index in [0.29, 0.717) is 6.61 Å². The van der Waals surface area contributed by atoms with Gasteiger partial charge in [0.25, 0.3) is 0 Å². The van der Waals surface area contributed by atoms with Crippen LogP contribution in [-0.4, -0.2) is 12.7 Å². The number of hydrogen-bond acceptors (Lipinski definition) is 2. The van der Waals surface area contributed by atoms with E-state index in [1.807, 2.05) is 13.8 Å². The third-order valence-corrected chi connectivity index (χ3v) is 3.53. The van der Waals surface area contributed by atoms with Crippen molar-refractivity contribution in [1.82, 2.24) is 0 Å². The van der Waals surface area contributed by atoms with Crippen LogP contribution in [0.3, 0.4) is 0 Å². The fourth-order valence-corrected chi connectivity index (χ4v) is 2.29. The van der Waals surface area contributed by atoms with E-state index in [0.717, 1.165) is 10.9 Å². The van der Waals surface area contributed by atoms with Crippen molar-refractivity contribution in [2.75, 3.05) is 6.61 Å². The van der Waals surface area contributed by atoms with E-state index < -0.39 is 0 Å². The maximum Gasteiger partial charge on any atom is 0.0942 e. The minimum atomic E-state index is 0.0634. The number of rotatable bonds is 6. The van der Waals surface area contributed by atoms with Crippen LogP contribution in [-0.2, 0) is 16.2 Å². The second-order valence-electron chi connectivity index (χ2n) is 4.72. The number of benzene rings is 2. The van der Waals surface area contributed by atoms with Crippen molar-refractivity contribution in [2.24, 2.45) is 0 Å². The van der Waals surface area contributed by atoms with Crippen LogP contribution >= 0.6 is 15.9 Å². The third-order valence-electron chi connectivity index (χ3n) is 3.00. The van der Waals surface area contributed by atoms with Gasteiger partial charge in [0, 0.05) is 10.9 Å². The molecule has 0 aliphatic rings. The first-order chi connectivity index (χ1) is 9.69. The summed E-state index contributed by atoms with van der Waals surface area (Å²) in [6, 6.07) is 16.9. The minimum Gasteiger partial charge on any atom is -0.237 e. The highest BCUT2D eigenvalue weighted by Crippen LogP contribution is 2.22. The smallest absolute Gasteiger partial charge is 0.0942 e. The lowest BCUT2D eigenvalue weighted by molar-refractivity contribution is -0.317. The second-order valence-corrected chi connectivity index (χ2v) is 5.64. The molecule has 1 unspecified atom stereocenters. The molecule has 0 aromatic heterocycles. The Bertz CT molecular complexity index is 520. The Morgan fingerprint density at radius 2 is 1.50 bits per heavy atom. The predicted molar refractivity (Wildman–Crippen MR) is 85.5 cm³/mol. The van der Waals surface area contributed by atoms with Gasteiger partial charge in [0.05, 0.1) is 12.7 Å². The van der Waals surface area contributed by atoms with Gasteiger partial charge in [-0.25, -0.2) is 9.78 Å². The molecular weight excluding hydrogens is 316 g/mol. The quantitative estimate of drug-likeness (QED) is 0.545. The van der Waals surface area contributed by atoms with Crippen LogP contribution in [0.2, 0.25) is 0 Å². The molecule has 20 heavy (non-hydrogen) atoms. The Kier molecular flexibility index (Phi) is 5.77. The van der Waals surface area contributed by atoms with Crippen LogP contribution in [0.5, 0.6) is 0 Å². The van der Waals surface area contributed by atoms with Crippen LogP contribution in [0.1, 0.15) is 19.4 Å². The zero-order chi connectivity index (χ0) is 14.4. The summed E-state index contributed by atoms with van der Waals surface area (Å²) in [4.78, 5) is 10.2. The normalized spacial score (nSPS) is 12.3. The first kappa shape index (κ1) is 15.2. The summed E-state index contributed by atoms with van der Waals surface area (Å²) in [5.74, 6) is 0. The van der Waals surface area contributed by atoms with Crippen molar-refractivity contribution in [3.8, 4) is 11.1 Å². The fraction of sp³-hybridized carbons (Fsp3) is 0.294. The monoisotopic (exact) mass is 334 g/mol. The van der Waals surface area contributed by atoms with E-state index in [-0.39, 0.29) is 6.10 Å². The van der Waals surface area contributed by atoms with Gasteiger partial charge in [0.1, 0.15) is 0 Å². The standard InChI is InChI=1S/C17H19BrO2/c1-3-19-20-13(2)12-14-4-6-15(7-5-14)16-8-10-17(18)11-9-16/h4-11,13H,3,12H2,1-2H3. The van der Waals surface area contributed by atoms with Gasteiger partial charge in [-0.05, 0) is 42.7 Å². The third kappa shape index (κ3) is 4.44. The van der Waals surface area contributed by atoms with Gasteiger partial charge in [-0.2, -0.15) is 0 Å². The van der Waals surface area contributed by atoms with Gasteiger partial charge in [-0.1, -0.05) is 52.3 Å². The van der Waals surface area contributed by atoms with Crippen LogP contribution in [0.4, 0.5) is 0 Å². The molecule has 0 radical (unpaired) electrons. The van der Waals surface area contributed by atoms with E-state index in [4.69, 9.17) is 9.78 Å². The van der Waals surface area contributed by atoms with E-state index >= 15 is 0 Å². The summed E-state index contributed by atoms with van der Waals surface area (Å²) in [6.07, 6.45) is 0.911. The van der Waals surface area contributed by atoms with Crippen molar-refractivity contribution >= 4 is 15.9 Å². The van der Waals surface area contributed by atoms with E-state index in [1.165, 1.54) is 16.7 Å². The molecule has 3 heteroatoms. The van der Waals surface area contributed by atoms with Crippen LogP contribution in [0.25, 0.3) is 11.1 Å². The molecule has 2 aromatic carbocycles. The molecule has 0 N–H and O–H groups in total. The molecule has 0 saturated heterocycles. The average Bonchev–Trinajstić information content (AvgIpc) is 2.47. The lowest BCUT2D eigenvalue weighted by Gasteiger charge is -2.11. The zero-order valence-corrected chi connectivity index (χ0v) is 13.4. The maximum absolute atomic E-state index is 5.22. The zero-order valence-electron chi connectivity index (χ0n) is 11.8. The molecule has 106 valence electrons. The van der Waals surface area contributed by atoms with Crippen molar-refractivity contribution in [3.63, 3.8) is 0 Å². The Balaban J connectivity index is 2.01. The van der Waals surface area contributed by atoms with Crippen LogP contribution < -0.4 is 0 Å². The van der Waals surface area contributed by atoms with Crippen LogP contribution in [0, 0.1) is 0 Å². The summed E-state index contributed by atoms with van der Waals surface area (Å²) in [7, 11) is 0. The molecule has 2 nitrogen and oxygen atoms in total. The molecule has 0 saturated carbocycles. The van der Waals surface area contributed by atoms with E-state index in [2.05, 4.69) is 64.5 Å². The highest BCUT2D eigenvalue weighted by atomic mass is 79.9. The number of halogens is 1. The van der Waals surface area contributed by atoms with Gasteiger partial charge in [-0.15, -0.1) is 0 Å². The number of hydrogen-bond donors (Lipinski definition) is 0. The molecule has 2 rings (SSSR count). The maximum atomic E-state index is 5.22. The molecule has 0 amide bonds. The first-order valence-electron chi connectivity index (χ1n) is 6.82. The minimum absolute atomic E-state index is 0.0634. The molecular formula is C17H19BrO2. The van der Waals surface area contributed by atoms with Crippen molar-refractivity contribution in [2.45, 2.75) is 26.4 Å². The Labute approximate surface area is 128 Å². The average molecular weight is 335 g/mol. The van der Waals surface area contributed by atoms with Gasteiger partial charge in [0.2, 0.25) is 0 Å². The van der Waals surface area contributed by atoms with Gasteiger partial charge >= 0.3 is 0 Å². The first-order valence-corrected chi connectivity index (χ1v) is 7.61. The van der Waals surface area contributed by atoms with Crippen molar-refractivity contribution in [3.05, 3.63) is 58.6 Å². The molecule has 2 aromatic rings. The SMILES string of the molecule is CCOOC(C)Cc1ccc(-c2ccc(Br)cc2)cc1. The van der Waals surface area contributed by atoms with Crippen molar-refractivity contribution in [1.29, 1.82) is 0 Å². The van der Waals surface area contributed by atoms with E-state index in [1.54, 1.807) is 0 Å². The molecule has 0 aliphatic carbocycles. The summed E-state index contributed by atoms with van der Waals surface area (Å²) in [6.45, 7) is 4.50. The molecule has 0 bridgehead atoms. The molecule has 0 aliphatic heterocycles. The Hall–Kier alpha value is -1.16. The van der Waals surface area contributed by atoms with Gasteiger partial charge in [0.15, 0.2) is 0 Å². The topological polar surface area (TPSA) is 18.5 Å².